The molecule has 0 aliphatic carbocycles. The van der Waals surface area contributed by atoms with Crippen molar-refractivity contribution < 1.29 is 9.90 Å². The lowest BCUT2D eigenvalue weighted by Gasteiger charge is -2.23. The van der Waals surface area contributed by atoms with Crippen LogP contribution in [0.25, 0.3) is 10.9 Å². The Morgan fingerprint density at radius 1 is 0.955 bits per heavy atom. The van der Waals surface area contributed by atoms with Crippen LogP contribution in [0.15, 0.2) is 59.6 Å². The Morgan fingerprint density at radius 2 is 1.77 bits per heavy atom. The molecule has 1 aliphatic rings. The Hall–Kier alpha value is -2.85. The first kappa shape index (κ1) is 12.9. The Bertz CT molecular complexity index is 933. The predicted octanol–water partition coefficient (Wildman–Crippen LogP) is 3.00. The van der Waals surface area contributed by atoms with E-state index in [4.69, 9.17) is 0 Å². The van der Waals surface area contributed by atoms with Gasteiger partial charge in [-0.2, -0.15) is 0 Å². The fraction of sp³-hybridized carbons (Fsp3) is 0.0556. The fourth-order valence-electron chi connectivity index (χ4n) is 2.92. The molecule has 0 spiro atoms. The van der Waals surface area contributed by atoms with Crippen molar-refractivity contribution in [1.82, 2.24) is 4.98 Å². The molecular weight excluding hydrogens is 276 g/mol. The van der Waals surface area contributed by atoms with Gasteiger partial charge in [0.25, 0.3) is 0 Å². The molecule has 0 amide bonds. The Kier molecular flexibility index (Phi) is 2.68. The van der Waals surface area contributed by atoms with E-state index in [1.54, 1.807) is 12.3 Å². The predicted molar refractivity (Wildman–Crippen MR) is 84.7 cm³/mol. The molecular formula is C18H12N2O2. The molecule has 4 rings (SSSR count). The normalized spacial score (nSPS) is 19.3. The molecule has 0 saturated carbocycles. The highest BCUT2D eigenvalue weighted by molar-refractivity contribution is 5.95. The number of aromatic nitrogens is 1. The number of fused-ring (bicyclic) bond motifs is 2. The highest BCUT2D eigenvalue weighted by Crippen LogP contribution is 2.41. The van der Waals surface area contributed by atoms with Crippen LogP contribution in [0.4, 0.5) is 5.69 Å². The van der Waals surface area contributed by atoms with Gasteiger partial charge in [0.05, 0.1) is 11.2 Å². The molecule has 0 radical (unpaired) electrons. The van der Waals surface area contributed by atoms with Gasteiger partial charge in [0.1, 0.15) is 5.69 Å². The summed E-state index contributed by atoms with van der Waals surface area (Å²) in [6.45, 7) is 0. The Balaban J connectivity index is 1.99. The van der Waals surface area contributed by atoms with Crippen molar-refractivity contribution in [3.8, 4) is 0 Å². The largest absolute Gasteiger partial charge is 0.375 e. The van der Waals surface area contributed by atoms with Gasteiger partial charge in [-0.1, -0.05) is 36.4 Å². The Morgan fingerprint density at radius 3 is 2.64 bits per heavy atom. The first-order chi connectivity index (χ1) is 10.7. The van der Waals surface area contributed by atoms with E-state index in [0.29, 0.717) is 23.1 Å². The highest BCUT2D eigenvalue weighted by Gasteiger charge is 2.36. The Labute approximate surface area is 126 Å². The highest BCUT2D eigenvalue weighted by atomic mass is 16.3. The van der Waals surface area contributed by atoms with Crippen LogP contribution in [0.2, 0.25) is 0 Å². The van der Waals surface area contributed by atoms with Crippen LogP contribution in [0.5, 0.6) is 0 Å². The van der Waals surface area contributed by atoms with E-state index in [-0.39, 0.29) is 0 Å². The fourth-order valence-corrected chi connectivity index (χ4v) is 2.92. The standard InChI is InChI=1S/C18H12N2O2/c21-10-12-8-9-13-14(5-3-7-16(13)20-12)18(22)11-19-17-6-2-1-4-15(17)18/h1-11,22H. The van der Waals surface area contributed by atoms with E-state index >= 15 is 0 Å². The number of carbonyl (C=O) groups excluding carboxylic acids is 1. The maximum Gasteiger partial charge on any atom is 0.168 e. The summed E-state index contributed by atoms with van der Waals surface area (Å²) in [4.78, 5) is 19.5. The summed E-state index contributed by atoms with van der Waals surface area (Å²) in [6, 6.07) is 16.5. The van der Waals surface area contributed by atoms with Gasteiger partial charge in [0, 0.05) is 22.7 Å². The molecule has 1 aromatic heterocycles. The van der Waals surface area contributed by atoms with Crippen molar-refractivity contribution >= 4 is 29.1 Å². The van der Waals surface area contributed by atoms with Crippen molar-refractivity contribution in [1.29, 1.82) is 0 Å². The first-order valence-electron chi connectivity index (χ1n) is 6.95. The van der Waals surface area contributed by atoms with Crippen molar-refractivity contribution in [3.05, 3.63) is 71.4 Å². The number of para-hydroxylation sites is 1. The zero-order chi connectivity index (χ0) is 15.2. The molecule has 4 heteroatoms. The van der Waals surface area contributed by atoms with Crippen LogP contribution in [-0.4, -0.2) is 22.6 Å². The lowest BCUT2D eigenvalue weighted by molar-refractivity contribution is 0.111. The maximum absolute atomic E-state index is 11.2. The molecule has 1 atom stereocenters. The molecule has 2 heterocycles. The topological polar surface area (TPSA) is 62.5 Å². The smallest absolute Gasteiger partial charge is 0.168 e. The van der Waals surface area contributed by atoms with Crippen LogP contribution in [0.3, 0.4) is 0 Å². The number of nitrogens with zero attached hydrogens (tertiary/aromatic N) is 2. The molecule has 4 nitrogen and oxygen atoms in total. The van der Waals surface area contributed by atoms with Gasteiger partial charge in [0.2, 0.25) is 0 Å². The van der Waals surface area contributed by atoms with E-state index in [1.165, 1.54) is 0 Å². The quantitative estimate of drug-likeness (QED) is 0.737. The minimum Gasteiger partial charge on any atom is -0.375 e. The van der Waals surface area contributed by atoms with Gasteiger partial charge < -0.3 is 5.11 Å². The lowest BCUT2D eigenvalue weighted by atomic mass is 9.86. The second-order valence-corrected chi connectivity index (χ2v) is 5.27. The van der Waals surface area contributed by atoms with Crippen LogP contribution >= 0.6 is 0 Å². The molecule has 106 valence electrons. The van der Waals surface area contributed by atoms with Crippen LogP contribution < -0.4 is 0 Å². The van der Waals surface area contributed by atoms with Crippen molar-refractivity contribution in [2.75, 3.05) is 0 Å². The number of rotatable bonds is 2. The van der Waals surface area contributed by atoms with Gasteiger partial charge in [-0.25, -0.2) is 4.98 Å². The second-order valence-electron chi connectivity index (χ2n) is 5.27. The molecule has 1 aliphatic heterocycles. The number of pyridine rings is 1. The van der Waals surface area contributed by atoms with Crippen molar-refractivity contribution in [2.45, 2.75) is 5.60 Å². The lowest BCUT2D eigenvalue weighted by Crippen LogP contribution is -2.26. The SMILES string of the molecule is O=Cc1ccc2c(C3(O)C=Nc4ccccc43)cccc2n1. The molecule has 22 heavy (non-hydrogen) atoms. The average Bonchev–Trinajstić information content (AvgIpc) is 2.92. The maximum atomic E-state index is 11.2. The van der Waals surface area contributed by atoms with E-state index in [0.717, 1.165) is 16.6 Å². The minimum absolute atomic E-state index is 0.372. The van der Waals surface area contributed by atoms with Crippen LogP contribution in [0, 0.1) is 0 Å². The third-order valence-corrected chi connectivity index (χ3v) is 3.99. The second kappa shape index (κ2) is 4.58. The van der Waals surface area contributed by atoms with Crippen molar-refractivity contribution in [3.63, 3.8) is 0 Å². The summed E-state index contributed by atoms with van der Waals surface area (Å²) >= 11 is 0. The van der Waals surface area contributed by atoms with E-state index in [2.05, 4.69) is 9.98 Å². The zero-order valence-corrected chi connectivity index (χ0v) is 11.6. The third-order valence-electron chi connectivity index (χ3n) is 3.99. The molecule has 1 unspecified atom stereocenters. The summed E-state index contributed by atoms with van der Waals surface area (Å²) in [5.41, 5.74) is 2.00. The van der Waals surface area contributed by atoms with E-state index in [1.807, 2.05) is 48.5 Å². The summed E-state index contributed by atoms with van der Waals surface area (Å²) in [7, 11) is 0. The summed E-state index contributed by atoms with van der Waals surface area (Å²) in [5, 5.41) is 12.0. The zero-order valence-electron chi connectivity index (χ0n) is 11.6. The van der Waals surface area contributed by atoms with E-state index < -0.39 is 5.60 Å². The monoisotopic (exact) mass is 288 g/mol. The number of hydrogen-bond acceptors (Lipinski definition) is 4. The van der Waals surface area contributed by atoms with Crippen LogP contribution in [0.1, 0.15) is 21.6 Å². The molecule has 0 fully saturated rings. The number of aliphatic imine (C=N–C) groups is 1. The number of aliphatic hydroxyl groups is 1. The van der Waals surface area contributed by atoms with Crippen LogP contribution in [-0.2, 0) is 5.60 Å². The molecule has 0 saturated heterocycles. The molecule has 1 N–H and O–H groups in total. The van der Waals surface area contributed by atoms with Gasteiger partial charge in [0.15, 0.2) is 11.9 Å². The number of benzene rings is 2. The number of carbonyl (C=O) groups is 1. The third kappa shape index (κ3) is 1.71. The summed E-state index contributed by atoms with van der Waals surface area (Å²) in [6.07, 6.45) is 2.27. The molecule has 0 bridgehead atoms. The van der Waals surface area contributed by atoms with Gasteiger partial charge in [-0.05, 0) is 18.2 Å². The van der Waals surface area contributed by atoms with E-state index in [9.17, 15) is 9.90 Å². The molecule has 3 aromatic rings. The van der Waals surface area contributed by atoms with Gasteiger partial charge in [-0.3, -0.25) is 9.79 Å². The van der Waals surface area contributed by atoms with Gasteiger partial charge >= 0.3 is 0 Å². The molecule has 2 aromatic carbocycles. The number of hydrogen-bond donors (Lipinski definition) is 1. The first-order valence-corrected chi connectivity index (χ1v) is 6.95. The average molecular weight is 288 g/mol. The van der Waals surface area contributed by atoms with Gasteiger partial charge in [-0.15, -0.1) is 0 Å². The summed E-state index contributed by atoms with van der Waals surface area (Å²) in [5.74, 6) is 0. The minimum atomic E-state index is -1.28. The summed E-state index contributed by atoms with van der Waals surface area (Å²) < 4.78 is 0. The van der Waals surface area contributed by atoms with Crippen molar-refractivity contribution in [2.24, 2.45) is 4.99 Å². The number of aldehydes is 1.